The Morgan fingerprint density at radius 3 is 2.37 bits per heavy atom. The third-order valence-corrected chi connectivity index (χ3v) is 4.36. The van der Waals surface area contributed by atoms with Crippen LogP contribution in [0.5, 0.6) is 0 Å². The van der Waals surface area contributed by atoms with Crippen molar-refractivity contribution in [3.63, 3.8) is 0 Å². The number of amides is 2. The molecule has 2 aromatic carbocycles. The molecule has 0 aliphatic carbocycles. The summed E-state index contributed by atoms with van der Waals surface area (Å²) in [7, 11) is 3.41. The van der Waals surface area contributed by atoms with Gasteiger partial charge in [0.1, 0.15) is 5.76 Å². The number of benzene rings is 2. The molecule has 138 valence electrons. The fourth-order valence-corrected chi connectivity index (χ4v) is 2.79. The van der Waals surface area contributed by atoms with Crippen LogP contribution in [0, 0.1) is 0 Å². The lowest BCUT2D eigenvalue weighted by Gasteiger charge is -2.10. The van der Waals surface area contributed by atoms with Crippen molar-refractivity contribution in [2.24, 2.45) is 0 Å². The second-order valence-corrected chi connectivity index (χ2v) is 6.63. The van der Waals surface area contributed by atoms with Crippen molar-refractivity contribution < 1.29 is 14.0 Å². The van der Waals surface area contributed by atoms with Gasteiger partial charge in [0.05, 0.1) is 5.02 Å². The molecule has 0 saturated heterocycles. The molecule has 3 rings (SSSR count). The van der Waals surface area contributed by atoms with Crippen LogP contribution >= 0.6 is 11.6 Å². The molecule has 0 aliphatic heterocycles. The van der Waals surface area contributed by atoms with Crippen LogP contribution in [0.15, 0.2) is 65.1 Å². The summed E-state index contributed by atoms with van der Waals surface area (Å²) < 4.78 is 5.63. The van der Waals surface area contributed by atoms with Crippen LogP contribution < -0.4 is 5.32 Å². The average molecular weight is 383 g/mol. The highest BCUT2D eigenvalue weighted by atomic mass is 35.5. The number of nitrogens with zero attached hydrogens (tertiary/aromatic N) is 1. The molecule has 0 atom stereocenters. The van der Waals surface area contributed by atoms with Crippen LogP contribution in [0.3, 0.4) is 0 Å². The highest BCUT2D eigenvalue weighted by molar-refractivity contribution is 6.33. The topological polar surface area (TPSA) is 62.6 Å². The van der Waals surface area contributed by atoms with E-state index < -0.39 is 0 Å². The molecule has 0 saturated carbocycles. The van der Waals surface area contributed by atoms with E-state index in [1.807, 2.05) is 30.3 Å². The molecule has 1 heterocycles. The lowest BCUT2D eigenvalue weighted by Crippen LogP contribution is -2.23. The van der Waals surface area contributed by atoms with E-state index in [2.05, 4.69) is 5.32 Å². The highest BCUT2D eigenvalue weighted by Gasteiger charge is 2.14. The van der Waals surface area contributed by atoms with E-state index in [4.69, 9.17) is 16.0 Å². The molecule has 27 heavy (non-hydrogen) atoms. The van der Waals surface area contributed by atoms with Crippen molar-refractivity contribution in [3.8, 4) is 11.3 Å². The number of rotatable bonds is 5. The normalized spacial score (nSPS) is 10.5. The maximum atomic E-state index is 12.3. The predicted molar refractivity (Wildman–Crippen MR) is 105 cm³/mol. The maximum Gasteiger partial charge on any atom is 0.287 e. The van der Waals surface area contributed by atoms with Gasteiger partial charge in [-0.2, -0.15) is 0 Å². The van der Waals surface area contributed by atoms with E-state index in [9.17, 15) is 9.59 Å². The molecule has 3 aromatic rings. The van der Waals surface area contributed by atoms with Crippen molar-refractivity contribution in [2.75, 3.05) is 14.1 Å². The van der Waals surface area contributed by atoms with E-state index >= 15 is 0 Å². The Morgan fingerprint density at radius 2 is 1.70 bits per heavy atom. The minimum Gasteiger partial charge on any atom is -0.451 e. The third kappa shape index (κ3) is 4.38. The molecule has 0 spiro atoms. The maximum absolute atomic E-state index is 12.3. The van der Waals surface area contributed by atoms with Gasteiger partial charge in [-0.15, -0.1) is 0 Å². The number of hydrogen-bond acceptors (Lipinski definition) is 3. The average Bonchev–Trinajstić information content (AvgIpc) is 3.16. The number of halogens is 1. The quantitative estimate of drug-likeness (QED) is 0.718. The van der Waals surface area contributed by atoms with Gasteiger partial charge in [-0.05, 0) is 42.0 Å². The summed E-state index contributed by atoms with van der Waals surface area (Å²) in [5.74, 6) is 0.372. The smallest absolute Gasteiger partial charge is 0.287 e. The van der Waals surface area contributed by atoms with Gasteiger partial charge in [0.2, 0.25) is 0 Å². The summed E-state index contributed by atoms with van der Waals surface area (Å²) >= 11 is 6.16. The Kier molecular flexibility index (Phi) is 5.62. The lowest BCUT2D eigenvalue weighted by atomic mass is 10.1. The first-order chi connectivity index (χ1) is 13.0. The SMILES string of the molecule is CN(C)C(=O)c1ccc(CNC(=O)c2ccc(-c3ccccc3Cl)o2)cc1. The molecular formula is C21H19ClN2O3. The van der Waals surface area contributed by atoms with Gasteiger partial charge in [0.25, 0.3) is 11.8 Å². The van der Waals surface area contributed by atoms with Gasteiger partial charge in [-0.1, -0.05) is 35.9 Å². The lowest BCUT2D eigenvalue weighted by molar-refractivity contribution is 0.0827. The fraction of sp³-hybridized carbons (Fsp3) is 0.143. The minimum atomic E-state index is -0.318. The molecule has 0 aliphatic rings. The first kappa shape index (κ1) is 18.7. The molecule has 6 heteroatoms. The van der Waals surface area contributed by atoms with E-state index in [0.29, 0.717) is 22.9 Å². The highest BCUT2D eigenvalue weighted by Crippen LogP contribution is 2.29. The Balaban J connectivity index is 1.63. The molecule has 1 N–H and O–H groups in total. The fourth-order valence-electron chi connectivity index (χ4n) is 2.56. The van der Waals surface area contributed by atoms with Crippen molar-refractivity contribution in [2.45, 2.75) is 6.54 Å². The van der Waals surface area contributed by atoms with Crippen molar-refractivity contribution >= 4 is 23.4 Å². The molecule has 2 amide bonds. The summed E-state index contributed by atoms with van der Waals surface area (Å²) in [6.45, 7) is 0.331. The number of furan rings is 1. The van der Waals surface area contributed by atoms with E-state index in [1.54, 1.807) is 44.4 Å². The summed E-state index contributed by atoms with van der Waals surface area (Å²) in [5, 5.41) is 3.37. The van der Waals surface area contributed by atoms with Crippen LogP contribution in [0.1, 0.15) is 26.5 Å². The number of carbonyl (C=O) groups is 2. The summed E-state index contributed by atoms with van der Waals surface area (Å²) in [5.41, 5.74) is 2.22. The summed E-state index contributed by atoms with van der Waals surface area (Å²) in [4.78, 5) is 25.7. The molecule has 0 radical (unpaired) electrons. The van der Waals surface area contributed by atoms with Crippen LogP contribution in [0.2, 0.25) is 5.02 Å². The molecule has 5 nitrogen and oxygen atoms in total. The number of hydrogen-bond donors (Lipinski definition) is 1. The standard InChI is InChI=1S/C21H19ClN2O3/c1-24(2)21(26)15-9-7-14(8-10-15)13-23-20(25)19-12-11-18(27-19)16-5-3-4-6-17(16)22/h3-12H,13H2,1-2H3,(H,23,25). The van der Waals surface area contributed by atoms with Gasteiger partial charge in [-0.25, -0.2) is 0 Å². The zero-order valence-electron chi connectivity index (χ0n) is 15.0. The summed E-state index contributed by atoms with van der Waals surface area (Å²) in [6.07, 6.45) is 0. The Hall–Kier alpha value is -3.05. The number of carbonyl (C=O) groups excluding carboxylic acids is 2. The van der Waals surface area contributed by atoms with Crippen LogP contribution in [0.25, 0.3) is 11.3 Å². The first-order valence-electron chi connectivity index (χ1n) is 8.39. The van der Waals surface area contributed by atoms with Crippen molar-refractivity contribution in [1.29, 1.82) is 0 Å². The second-order valence-electron chi connectivity index (χ2n) is 6.22. The van der Waals surface area contributed by atoms with Gasteiger partial charge in [-0.3, -0.25) is 9.59 Å². The van der Waals surface area contributed by atoms with Gasteiger partial charge >= 0.3 is 0 Å². The number of nitrogens with one attached hydrogen (secondary N) is 1. The van der Waals surface area contributed by atoms with Crippen LogP contribution in [-0.2, 0) is 6.54 Å². The Labute approximate surface area is 162 Å². The van der Waals surface area contributed by atoms with Crippen LogP contribution in [-0.4, -0.2) is 30.8 Å². The first-order valence-corrected chi connectivity index (χ1v) is 8.77. The molecule has 0 bridgehead atoms. The Morgan fingerprint density at radius 1 is 1.00 bits per heavy atom. The van der Waals surface area contributed by atoms with E-state index in [-0.39, 0.29) is 17.6 Å². The third-order valence-electron chi connectivity index (χ3n) is 4.03. The zero-order chi connectivity index (χ0) is 19.4. The second kappa shape index (κ2) is 8.10. The minimum absolute atomic E-state index is 0.0618. The van der Waals surface area contributed by atoms with Crippen LogP contribution in [0.4, 0.5) is 0 Å². The van der Waals surface area contributed by atoms with E-state index in [0.717, 1.165) is 11.1 Å². The largest absolute Gasteiger partial charge is 0.451 e. The Bertz CT molecular complexity index is 962. The monoisotopic (exact) mass is 382 g/mol. The van der Waals surface area contributed by atoms with Crippen molar-refractivity contribution in [3.05, 3.63) is 82.6 Å². The van der Waals surface area contributed by atoms with E-state index in [1.165, 1.54) is 4.90 Å². The zero-order valence-corrected chi connectivity index (χ0v) is 15.8. The molecule has 0 fully saturated rings. The molecular weight excluding hydrogens is 364 g/mol. The van der Waals surface area contributed by atoms with Gasteiger partial charge in [0.15, 0.2) is 5.76 Å². The van der Waals surface area contributed by atoms with Gasteiger partial charge < -0.3 is 14.6 Å². The molecule has 1 aromatic heterocycles. The predicted octanol–water partition coefficient (Wildman–Crippen LogP) is 4.23. The summed E-state index contributed by atoms with van der Waals surface area (Å²) in [6, 6.07) is 17.7. The molecule has 0 unspecified atom stereocenters. The van der Waals surface area contributed by atoms with Gasteiger partial charge in [0, 0.05) is 31.8 Å². The van der Waals surface area contributed by atoms with Crippen molar-refractivity contribution in [1.82, 2.24) is 10.2 Å².